The zero-order chi connectivity index (χ0) is 24.2. The van der Waals surface area contributed by atoms with Gasteiger partial charge < -0.3 is 19.4 Å². The standard InChI is InChI=1S/C30H33N5O/c1-33-27-10-9-23(30(36)34-16-14-21-13-15-31-25(21)19-34)17-24(27)32-29(33)28-12-11-26(22-5-3-2-4-6-22)35(28)18-20-7-8-20/h2-6,9-12,17,20-21,25,31H,7-8,13-16,18-19H2,1H3/t21-,25?/m1/s1. The number of hydrogen-bond acceptors (Lipinski definition) is 3. The number of hydrogen-bond donors (Lipinski definition) is 1. The van der Waals surface area contributed by atoms with Crippen LogP contribution in [0.1, 0.15) is 36.0 Å². The minimum atomic E-state index is 0.125. The molecule has 1 saturated carbocycles. The van der Waals surface area contributed by atoms with Crippen molar-refractivity contribution < 1.29 is 4.79 Å². The number of nitrogens with one attached hydrogen (secondary N) is 1. The highest BCUT2D eigenvalue weighted by Gasteiger charge is 2.34. The van der Waals surface area contributed by atoms with Crippen molar-refractivity contribution in [2.75, 3.05) is 19.6 Å². The van der Waals surface area contributed by atoms with Crippen LogP contribution in [0.5, 0.6) is 0 Å². The number of nitrogens with zero attached hydrogens (tertiary/aromatic N) is 4. The van der Waals surface area contributed by atoms with Crippen molar-refractivity contribution in [1.82, 2.24) is 24.3 Å². The van der Waals surface area contributed by atoms with Gasteiger partial charge in [-0.25, -0.2) is 4.98 Å². The van der Waals surface area contributed by atoms with Crippen LogP contribution in [-0.4, -0.2) is 50.6 Å². The molecule has 184 valence electrons. The maximum atomic E-state index is 13.4. The van der Waals surface area contributed by atoms with E-state index < -0.39 is 0 Å². The number of benzene rings is 2. The van der Waals surface area contributed by atoms with Crippen LogP contribution in [-0.2, 0) is 13.6 Å². The van der Waals surface area contributed by atoms with Crippen molar-refractivity contribution in [2.45, 2.75) is 38.3 Å². The molecule has 3 aliphatic rings. The van der Waals surface area contributed by atoms with Crippen LogP contribution in [0.2, 0.25) is 0 Å². The summed E-state index contributed by atoms with van der Waals surface area (Å²) in [6.07, 6.45) is 4.94. The number of likely N-dealkylation sites (tertiary alicyclic amines) is 1. The lowest BCUT2D eigenvalue weighted by molar-refractivity contribution is 0.0669. The number of carbonyl (C=O) groups excluding carboxylic acids is 1. The van der Waals surface area contributed by atoms with Gasteiger partial charge in [-0.1, -0.05) is 30.3 Å². The van der Waals surface area contributed by atoms with Gasteiger partial charge in [0.05, 0.1) is 16.7 Å². The highest BCUT2D eigenvalue weighted by atomic mass is 16.2. The maximum Gasteiger partial charge on any atom is 0.253 e. The van der Waals surface area contributed by atoms with Crippen LogP contribution in [0.25, 0.3) is 33.8 Å². The Balaban J connectivity index is 1.23. The minimum Gasteiger partial charge on any atom is -0.338 e. The fraction of sp³-hybridized carbons (Fsp3) is 0.400. The first kappa shape index (κ1) is 21.9. The summed E-state index contributed by atoms with van der Waals surface area (Å²) in [4.78, 5) is 20.5. The molecule has 2 aromatic heterocycles. The second-order valence-electron chi connectivity index (χ2n) is 10.9. The number of aromatic nitrogens is 3. The Kier molecular flexibility index (Phi) is 5.24. The molecule has 4 aromatic rings. The molecule has 2 aliphatic heterocycles. The zero-order valence-corrected chi connectivity index (χ0v) is 20.9. The lowest BCUT2D eigenvalue weighted by atomic mass is 9.92. The van der Waals surface area contributed by atoms with Crippen molar-refractivity contribution in [3.8, 4) is 22.8 Å². The average molecular weight is 480 g/mol. The van der Waals surface area contributed by atoms with E-state index in [-0.39, 0.29) is 5.91 Å². The monoisotopic (exact) mass is 479 g/mol. The molecule has 1 unspecified atom stereocenters. The molecule has 1 amide bonds. The molecule has 2 saturated heterocycles. The van der Waals surface area contributed by atoms with Gasteiger partial charge >= 0.3 is 0 Å². The third-order valence-electron chi connectivity index (χ3n) is 8.51. The molecule has 7 rings (SSSR count). The van der Waals surface area contributed by atoms with Crippen LogP contribution < -0.4 is 5.32 Å². The topological polar surface area (TPSA) is 55.1 Å². The number of rotatable bonds is 5. The predicted octanol–water partition coefficient (Wildman–Crippen LogP) is 4.94. The van der Waals surface area contributed by atoms with Crippen LogP contribution in [0, 0.1) is 11.8 Å². The van der Waals surface area contributed by atoms with Gasteiger partial charge in [0.25, 0.3) is 5.91 Å². The van der Waals surface area contributed by atoms with Crippen molar-refractivity contribution in [2.24, 2.45) is 18.9 Å². The van der Waals surface area contributed by atoms with Crippen LogP contribution in [0.3, 0.4) is 0 Å². The number of aryl methyl sites for hydroxylation is 1. The highest BCUT2D eigenvalue weighted by Crippen LogP contribution is 2.37. The highest BCUT2D eigenvalue weighted by molar-refractivity contribution is 5.98. The minimum absolute atomic E-state index is 0.125. The molecule has 0 radical (unpaired) electrons. The fourth-order valence-corrected chi connectivity index (χ4v) is 6.24. The number of imidazole rings is 1. The van der Waals surface area contributed by atoms with Crippen LogP contribution in [0.15, 0.2) is 60.7 Å². The second kappa shape index (κ2) is 8.63. The van der Waals surface area contributed by atoms with Crippen molar-refractivity contribution in [1.29, 1.82) is 0 Å². The maximum absolute atomic E-state index is 13.4. The number of carbonyl (C=O) groups is 1. The molecule has 1 aliphatic carbocycles. The Bertz CT molecular complexity index is 1430. The van der Waals surface area contributed by atoms with E-state index in [1.54, 1.807) is 0 Å². The molecular weight excluding hydrogens is 446 g/mol. The molecule has 6 nitrogen and oxygen atoms in total. The summed E-state index contributed by atoms with van der Waals surface area (Å²) in [5.74, 6) is 2.55. The van der Waals surface area contributed by atoms with Gasteiger partial charge in [0.15, 0.2) is 5.82 Å². The third-order valence-corrected chi connectivity index (χ3v) is 8.51. The molecule has 3 fully saturated rings. The van der Waals surface area contributed by atoms with E-state index in [0.29, 0.717) is 6.04 Å². The normalized spacial score (nSPS) is 21.8. The summed E-state index contributed by atoms with van der Waals surface area (Å²) < 4.78 is 4.62. The molecule has 0 bridgehead atoms. The molecule has 4 heterocycles. The zero-order valence-electron chi connectivity index (χ0n) is 20.9. The van der Waals surface area contributed by atoms with E-state index in [9.17, 15) is 4.79 Å². The summed E-state index contributed by atoms with van der Waals surface area (Å²) in [6, 6.07) is 21.5. The molecule has 6 heteroatoms. The Labute approximate surface area is 211 Å². The van der Waals surface area contributed by atoms with E-state index in [1.807, 2.05) is 17.0 Å². The largest absolute Gasteiger partial charge is 0.338 e. The van der Waals surface area contributed by atoms with Crippen molar-refractivity contribution in [3.63, 3.8) is 0 Å². The average Bonchev–Trinajstić information content (AvgIpc) is 3.30. The Hall–Kier alpha value is -3.38. The molecule has 36 heavy (non-hydrogen) atoms. The first-order chi connectivity index (χ1) is 17.7. The Morgan fingerprint density at radius 1 is 1.00 bits per heavy atom. The van der Waals surface area contributed by atoms with Gasteiger partial charge in [-0.05, 0) is 80.0 Å². The Morgan fingerprint density at radius 3 is 2.67 bits per heavy atom. The first-order valence-electron chi connectivity index (χ1n) is 13.4. The van der Waals surface area contributed by atoms with Gasteiger partial charge in [-0.2, -0.15) is 0 Å². The quantitative estimate of drug-likeness (QED) is 0.441. The first-order valence-corrected chi connectivity index (χ1v) is 13.4. The van der Waals surface area contributed by atoms with Crippen molar-refractivity contribution >= 4 is 16.9 Å². The smallest absolute Gasteiger partial charge is 0.253 e. The van der Waals surface area contributed by atoms with E-state index in [4.69, 9.17) is 4.98 Å². The van der Waals surface area contributed by atoms with Gasteiger partial charge in [0.2, 0.25) is 0 Å². The molecule has 1 N–H and O–H groups in total. The van der Waals surface area contributed by atoms with Crippen LogP contribution in [0.4, 0.5) is 0 Å². The van der Waals surface area contributed by atoms with Gasteiger partial charge in [-0.3, -0.25) is 4.79 Å². The molecule has 2 aromatic carbocycles. The summed E-state index contributed by atoms with van der Waals surface area (Å²) in [5.41, 5.74) is 6.29. The Morgan fingerprint density at radius 2 is 1.83 bits per heavy atom. The number of amides is 1. The number of fused-ring (bicyclic) bond motifs is 2. The molecule has 2 atom stereocenters. The van der Waals surface area contributed by atoms with E-state index in [0.717, 1.165) is 72.6 Å². The molecular formula is C30H33N5O. The SMILES string of the molecule is Cn1c(-c2ccc(-c3ccccc3)n2CC2CC2)nc2cc(C(=O)N3CC[C@H]4CCNC4C3)ccc21. The van der Waals surface area contributed by atoms with Gasteiger partial charge in [0.1, 0.15) is 0 Å². The van der Waals surface area contributed by atoms with E-state index in [2.05, 4.69) is 70.0 Å². The summed E-state index contributed by atoms with van der Waals surface area (Å²) in [7, 11) is 2.08. The van der Waals surface area contributed by atoms with Crippen molar-refractivity contribution in [3.05, 3.63) is 66.2 Å². The summed E-state index contributed by atoms with van der Waals surface area (Å²) in [5, 5.41) is 3.58. The van der Waals surface area contributed by atoms with E-state index in [1.165, 1.54) is 30.5 Å². The second-order valence-corrected chi connectivity index (χ2v) is 10.9. The van der Waals surface area contributed by atoms with Crippen LogP contribution >= 0.6 is 0 Å². The third kappa shape index (κ3) is 3.75. The summed E-state index contributed by atoms with van der Waals surface area (Å²) >= 11 is 0. The van der Waals surface area contributed by atoms with E-state index >= 15 is 0 Å². The fourth-order valence-electron chi connectivity index (χ4n) is 6.24. The summed E-state index contributed by atoms with van der Waals surface area (Å²) in [6.45, 7) is 3.76. The lowest BCUT2D eigenvalue weighted by Gasteiger charge is -2.35. The predicted molar refractivity (Wildman–Crippen MR) is 143 cm³/mol. The number of piperidine rings is 1. The van der Waals surface area contributed by atoms with Gasteiger partial charge in [-0.15, -0.1) is 0 Å². The molecule has 0 spiro atoms. The van der Waals surface area contributed by atoms with Gasteiger partial charge in [0, 0.05) is 44.0 Å². The lowest BCUT2D eigenvalue weighted by Crippen LogP contribution is -2.48.